The summed E-state index contributed by atoms with van der Waals surface area (Å²) in [5, 5.41) is 2.25. The van der Waals surface area contributed by atoms with E-state index in [0.717, 1.165) is 28.5 Å². The molecule has 0 saturated carbocycles. The molecule has 128 valence electrons. The third kappa shape index (κ3) is 6.16. The van der Waals surface area contributed by atoms with Crippen molar-refractivity contribution < 1.29 is 4.74 Å². The number of pyridine rings is 2. The van der Waals surface area contributed by atoms with Crippen molar-refractivity contribution in [2.45, 2.75) is 39.7 Å². The van der Waals surface area contributed by atoms with Gasteiger partial charge in [0.2, 0.25) is 5.88 Å². The van der Waals surface area contributed by atoms with E-state index in [4.69, 9.17) is 22.1 Å². The molecule has 0 spiro atoms. The van der Waals surface area contributed by atoms with Crippen LogP contribution in [-0.4, -0.2) is 28.6 Å². The van der Waals surface area contributed by atoms with Crippen LogP contribution in [0.2, 0.25) is 5.15 Å². The van der Waals surface area contributed by atoms with Crippen LogP contribution in [0.15, 0.2) is 18.5 Å². The molecule has 2 rings (SSSR count). The Morgan fingerprint density at radius 3 is 2.57 bits per heavy atom. The standard InChI is InChI=1S/C14H18ClN3OS.C3H8/c1-9(16)11-7-18-14(19-4-3-5-20-2)12-8-17-13(15)6-10(11)12;1-3-2/h6-9H,3-5,16H2,1-2H3;3H2,1-2H3. The number of thioether (sulfide) groups is 1. The SMILES string of the molecule is CCC.CSCCCOc1ncc(C(C)N)c2cc(Cl)ncc12. The van der Waals surface area contributed by atoms with Gasteiger partial charge in [0.25, 0.3) is 0 Å². The summed E-state index contributed by atoms with van der Waals surface area (Å²) in [5.74, 6) is 1.66. The topological polar surface area (TPSA) is 61.0 Å². The van der Waals surface area contributed by atoms with Gasteiger partial charge in [0.15, 0.2) is 0 Å². The molecule has 0 bridgehead atoms. The highest BCUT2D eigenvalue weighted by Crippen LogP contribution is 2.30. The molecule has 2 N–H and O–H groups in total. The zero-order valence-electron chi connectivity index (χ0n) is 14.3. The summed E-state index contributed by atoms with van der Waals surface area (Å²) in [6.45, 7) is 6.81. The van der Waals surface area contributed by atoms with Gasteiger partial charge in [-0.1, -0.05) is 31.9 Å². The summed E-state index contributed by atoms with van der Waals surface area (Å²) in [4.78, 5) is 8.48. The molecule has 2 aromatic rings. The minimum absolute atomic E-state index is 0.117. The first-order chi connectivity index (χ1) is 11.0. The number of fused-ring (bicyclic) bond motifs is 1. The summed E-state index contributed by atoms with van der Waals surface area (Å²) in [6.07, 6.45) is 7.77. The minimum atomic E-state index is -0.117. The van der Waals surface area contributed by atoms with Gasteiger partial charge in [-0.15, -0.1) is 0 Å². The highest BCUT2D eigenvalue weighted by molar-refractivity contribution is 7.98. The minimum Gasteiger partial charge on any atom is -0.477 e. The van der Waals surface area contributed by atoms with Crippen LogP contribution in [0.5, 0.6) is 5.88 Å². The summed E-state index contributed by atoms with van der Waals surface area (Å²) in [6, 6.07) is 1.69. The lowest BCUT2D eigenvalue weighted by atomic mass is 10.0. The van der Waals surface area contributed by atoms with E-state index < -0.39 is 0 Å². The Labute approximate surface area is 148 Å². The summed E-state index contributed by atoms with van der Waals surface area (Å²) in [7, 11) is 0. The third-order valence-corrected chi connectivity index (χ3v) is 3.86. The van der Waals surface area contributed by atoms with Crippen LogP contribution in [-0.2, 0) is 0 Å². The van der Waals surface area contributed by atoms with Crippen molar-refractivity contribution in [3.05, 3.63) is 29.2 Å². The van der Waals surface area contributed by atoms with Gasteiger partial charge < -0.3 is 10.5 Å². The Hall–Kier alpha value is -1.04. The number of hydrogen-bond donors (Lipinski definition) is 1. The van der Waals surface area contributed by atoms with Crippen molar-refractivity contribution in [1.82, 2.24) is 9.97 Å². The number of nitrogens with zero attached hydrogens (tertiary/aromatic N) is 2. The normalized spacial score (nSPS) is 11.7. The maximum absolute atomic E-state index is 5.98. The number of aromatic nitrogens is 2. The smallest absolute Gasteiger partial charge is 0.222 e. The second-order valence-corrected chi connectivity index (χ2v) is 6.63. The number of hydrogen-bond acceptors (Lipinski definition) is 5. The van der Waals surface area contributed by atoms with E-state index in [1.165, 1.54) is 6.42 Å². The quantitative estimate of drug-likeness (QED) is 0.592. The summed E-state index contributed by atoms with van der Waals surface area (Å²) < 4.78 is 5.75. The maximum Gasteiger partial charge on any atom is 0.222 e. The summed E-state index contributed by atoms with van der Waals surface area (Å²) >= 11 is 7.78. The van der Waals surface area contributed by atoms with Gasteiger partial charge >= 0.3 is 0 Å². The highest BCUT2D eigenvalue weighted by Gasteiger charge is 2.12. The molecule has 2 aromatic heterocycles. The second kappa shape index (κ2) is 10.7. The molecule has 23 heavy (non-hydrogen) atoms. The van der Waals surface area contributed by atoms with Gasteiger partial charge in [0.05, 0.1) is 12.0 Å². The van der Waals surface area contributed by atoms with Crippen LogP contribution in [0.4, 0.5) is 0 Å². The molecule has 0 saturated heterocycles. The number of ether oxygens (including phenoxy) is 1. The average Bonchev–Trinajstić information content (AvgIpc) is 2.51. The Kier molecular flexibility index (Phi) is 9.29. The lowest BCUT2D eigenvalue weighted by molar-refractivity contribution is 0.310. The highest BCUT2D eigenvalue weighted by atomic mass is 35.5. The van der Waals surface area contributed by atoms with Crippen molar-refractivity contribution in [3.63, 3.8) is 0 Å². The predicted molar refractivity (Wildman–Crippen MR) is 102 cm³/mol. The van der Waals surface area contributed by atoms with E-state index in [1.807, 2.05) is 13.0 Å². The number of nitrogens with two attached hydrogens (primary N) is 1. The van der Waals surface area contributed by atoms with Crippen molar-refractivity contribution in [3.8, 4) is 5.88 Å². The summed E-state index contributed by atoms with van der Waals surface area (Å²) in [5.41, 5.74) is 6.92. The Bertz CT molecular complexity index is 608. The first-order valence-corrected chi connectivity index (χ1v) is 9.63. The van der Waals surface area contributed by atoms with Crippen molar-refractivity contribution in [2.75, 3.05) is 18.6 Å². The van der Waals surface area contributed by atoms with Crippen molar-refractivity contribution >= 4 is 34.1 Å². The van der Waals surface area contributed by atoms with Crippen LogP contribution >= 0.6 is 23.4 Å². The lowest BCUT2D eigenvalue weighted by Crippen LogP contribution is -2.08. The fourth-order valence-corrected chi connectivity index (χ4v) is 2.52. The van der Waals surface area contributed by atoms with E-state index in [0.29, 0.717) is 17.6 Å². The molecule has 0 radical (unpaired) electrons. The fraction of sp³-hybridized carbons (Fsp3) is 0.529. The van der Waals surface area contributed by atoms with Crippen LogP contribution in [0, 0.1) is 0 Å². The van der Waals surface area contributed by atoms with Gasteiger partial charge in [0, 0.05) is 18.4 Å². The second-order valence-electron chi connectivity index (χ2n) is 5.26. The molecule has 0 aliphatic rings. The van der Waals surface area contributed by atoms with E-state index in [1.54, 1.807) is 24.2 Å². The zero-order chi connectivity index (χ0) is 17.2. The largest absolute Gasteiger partial charge is 0.477 e. The van der Waals surface area contributed by atoms with E-state index in [9.17, 15) is 0 Å². The average molecular weight is 356 g/mol. The lowest BCUT2D eigenvalue weighted by Gasteiger charge is -2.13. The van der Waals surface area contributed by atoms with Crippen molar-refractivity contribution in [1.29, 1.82) is 0 Å². The molecule has 0 aromatic carbocycles. The molecule has 1 atom stereocenters. The molecule has 1 unspecified atom stereocenters. The first kappa shape index (κ1) is 20.0. The van der Waals surface area contributed by atoms with E-state index in [2.05, 4.69) is 30.1 Å². The van der Waals surface area contributed by atoms with Gasteiger partial charge in [-0.2, -0.15) is 11.8 Å². The van der Waals surface area contributed by atoms with Gasteiger partial charge in [0.1, 0.15) is 5.15 Å². The van der Waals surface area contributed by atoms with E-state index in [-0.39, 0.29) is 6.04 Å². The Morgan fingerprint density at radius 2 is 1.96 bits per heavy atom. The molecular formula is C17H26ClN3OS. The molecule has 4 nitrogen and oxygen atoms in total. The third-order valence-electron chi connectivity index (χ3n) is 2.96. The van der Waals surface area contributed by atoms with Crippen LogP contribution in [0.1, 0.15) is 45.2 Å². The fourth-order valence-electron chi connectivity index (χ4n) is 1.96. The van der Waals surface area contributed by atoms with Crippen molar-refractivity contribution in [2.24, 2.45) is 5.73 Å². The Morgan fingerprint density at radius 1 is 1.26 bits per heavy atom. The molecule has 0 fully saturated rings. The van der Waals surface area contributed by atoms with Gasteiger partial charge in [-0.3, -0.25) is 0 Å². The molecule has 2 heterocycles. The van der Waals surface area contributed by atoms with Crippen LogP contribution in [0.25, 0.3) is 10.8 Å². The Balaban J connectivity index is 0.000000816. The molecule has 6 heteroatoms. The molecule has 0 amide bonds. The van der Waals surface area contributed by atoms with Gasteiger partial charge in [-0.05, 0) is 42.4 Å². The zero-order valence-corrected chi connectivity index (χ0v) is 15.9. The predicted octanol–water partition coefficient (Wildman–Crippen LogP) is 4.85. The molecular weight excluding hydrogens is 330 g/mol. The molecule has 0 aliphatic carbocycles. The van der Waals surface area contributed by atoms with Crippen LogP contribution < -0.4 is 10.5 Å². The number of rotatable bonds is 6. The number of halogens is 1. The molecule has 0 aliphatic heterocycles. The first-order valence-electron chi connectivity index (χ1n) is 7.86. The van der Waals surface area contributed by atoms with Crippen LogP contribution in [0.3, 0.4) is 0 Å². The maximum atomic E-state index is 5.98. The van der Waals surface area contributed by atoms with E-state index >= 15 is 0 Å². The monoisotopic (exact) mass is 355 g/mol. The van der Waals surface area contributed by atoms with Gasteiger partial charge in [-0.25, -0.2) is 9.97 Å².